The van der Waals surface area contributed by atoms with Gasteiger partial charge in [-0.2, -0.15) is 0 Å². The molecule has 0 heterocycles. The zero-order valence-electron chi connectivity index (χ0n) is 10.4. The average molecular weight is 386 g/mol. The summed E-state index contributed by atoms with van der Waals surface area (Å²) in [5.74, 6) is 0.783. The van der Waals surface area contributed by atoms with E-state index in [1.807, 2.05) is 49.4 Å². The number of aliphatic hydroxyl groups is 1. The van der Waals surface area contributed by atoms with Gasteiger partial charge in [-0.1, -0.05) is 40.2 Å². The molecule has 0 amide bonds. The van der Waals surface area contributed by atoms with Crippen LogP contribution in [0.4, 0.5) is 0 Å². The molecular formula is C15H14Br2O2. The second-order valence-electron chi connectivity index (χ2n) is 4.05. The molecule has 0 aliphatic rings. The Kier molecular flexibility index (Phi) is 5.02. The van der Waals surface area contributed by atoms with Gasteiger partial charge in [0.1, 0.15) is 11.9 Å². The molecule has 0 radical (unpaired) electrons. The summed E-state index contributed by atoms with van der Waals surface area (Å²) >= 11 is 6.92. The van der Waals surface area contributed by atoms with Gasteiger partial charge < -0.3 is 9.84 Å². The van der Waals surface area contributed by atoms with Crippen molar-refractivity contribution in [3.05, 3.63) is 62.5 Å². The fourth-order valence-electron chi connectivity index (χ4n) is 1.84. The first-order valence-electron chi connectivity index (χ1n) is 5.98. The molecule has 0 aliphatic carbocycles. The van der Waals surface area contributed by atoms with Crippen molar-refractivity contribution in [3.8, 4) is 5.75 Å². The highest BCUT2D eigenvalue weighted by Gasteiger charge is 2.14. The van der Waals surface area contributed by atoms with E-state index >= 15 is 0 Å². The fraction of sp³-hybridized carbons (Fsp3) is 0.200. The highest BCUT2D eigenvalue weighted by atomic mass is 79.9. The molecule has 0 bridgehead atoms. The second-order valence-corrected chi connectivity index (χ2v) is 5.76. The van der Waals surface area contributed by atoms with Crippen LogP contribution < -0.4 is 4.74 Å². The quantitative estimate of drug-likeness (QED) is 0.826. The Bertz CT molecular complexity index is 570. The van der Waals surface area contributed by atoms with Crippen molar-refractivity contribution in [2.24, 2.45) is 0 Å². The van der Waals surface area contributed by atoms with Crippen LogP contribution in [-0.2, 0) is 0 Å². The number of hydrogen-bond acceptors (Lipinski definition) is 2. The van der Waals surface area contributed by atoms with Crippen LogP contribution in [0.3, 0.4) is 0 Å². The van der Waals surface area contributed by atoms with Gasteiger partial charge in [-0.05, 0) is 52.2 Å². The minimum Gasteiger partial charge on any atom is -0.493 e. The lowest BCUT2D eigenvalue weighted by Gasteiger charge is -2.15. The Hall–Kier alpha value is -0.840. The Morgan fingerprint density at radius 2 is 1.84 bits per heavy atom. The van der Waals surface area contributed by atoms with Crippen LogP contribution >= 0.6 is 31.9 Å². The fourth-order valence-corrected chi connectivity index (χ4v) is 2.85. The van der Waals surface area contributed by atoms with E-state index in [2.05, 4.69) is 31.9 Å². The van der Waals surface area contributed by atoms with Crippen molar-refractivity contribution in [1.29, 1.82) is 0 Å². The Labute approximate surface area is 129 Å². The molecule has 19 heavy (non-hydrogen) atoms. The highest BCUT2D eigenvalue weighted by molar-refractivity contribution is 9.10. The topological polar surface area (TPSA) is 29.5 Å². The first-order chi connectivity index (χ1) is 9.13. The van der Waals surface area contributed by atoms with Crippen LogP contribution in [0, 0.1) is 0 Å². The highest BCUT2D eigenvalue weighted by Crippen LogP contribution is 2.33. The Balaban J connectivity index is 2.32. The minimum atomic E-state index is -0.664. The summed E-state index contributed by atoms with van der Waals surface area (Å²) in [5.41, 5.74) is 1.67. The standard InChI is InChI=1S/C15H14Br2O2/c1-2-19-14-8-7-10(9-13(14)17)15(18)11-5-3-4-6-12(11)16/h3-9,15,18H,2H2,1H3. The number of aliphatic hydroxyl groups excluding tert-OH is 1. The summed E-state index contributed by atoms with van der Waals surface area (Å²) in [7, 11) is 0. The SMILES string of the molecule is CCOc1ccc(C(O)c2ccccc2Br)cc1Br. The summed E-state index contributed by atoms with van der Waals surface area (Å²) < 4.78 is 7.20. The van der Waals surface area contributed by atoms with Crippen molar-refractivity contribution in [2.75, 3.05) is 6.61 Å². The van der Waals surface area contributed by atoms with Gasteiger partial charge in [-0.15, -0.1) is 0 Å². The summed E-state index contributed by atoms with van der Waals surface area (Å²) in [6.07, 6.45) is -0.664. The summed E-state index contributed by atoms with van der Waals surface area (Å²) in [4.78, 5) is 0. The minimum absolute atomic E-state index is 0.616. The Morgan fingerprint density at radius 1 is 1.11 bits per heavy atom. The van der Waals surface area contributed by atoms with Crippen LogP contribution in [0.1, 0.15) is 24.2 Å². The predicted octanol–water partition coefficient (Wildman–Crippen LogP) is 4.69. The number of rotatable bonds is 4. The molecule has 2 aromatic rings. The van der Waals surface area contributed by atoms with Gasteiger partial charge in [-0.25, -0.2) is 0 Å². The van der Waals surface area contributed by atoms with E-state index in [1.165, 1.54) is 0 Å². The maximum Gasteiger partial charge on any atom is 0.133 e. The van der Waals surface area contributed by atoms with E-state index in [-0.39, 0.29) is 0 Å². The number of benzene rings is 2. The summed E-state index contributed by atoms with van der Waals surface area (Å²) in [6.45, 7) is 2.56. The molecule has 1 N–H and O–H groups in total. The lowest BCUT2D eigenvalue weighted by atomic mass is 10.0. The molecule has 2 aromatic carbocycles. The van der Waals surface area contributed by atoms with E-state index in [4.69, 9.17) is 4.74 Å². The monoisotopic (exact) mass is 384 g/mol. The molecule has 0 aromatic heterocycles. The van der Waals surface area contributed by atoms with E-state index in [9.17, 15) is 5.11 Å². The molecule has 4 heteroatoms. The normalized spacial score (nSPS) is 12.2. The molecule has 0 saturated heterocycles. The van der Waals surface area contributed by atoms with Crippen molar-refractivity contribution in [2.45, 2.75) is 13.0 Å². The predicted molar refractivity (Wildman–Crippen MR) is 83.5 cm³/mol. The van der Waals surface area contributed by atoms with Crippen LogP contribution in [0.15, 0.2) is 51.4 Å². The van der Waals surface area contributed by atoms with Crippen molar-refractivity contribution >= 4 is 31.9 Å². The molecule has 2 nitrogen and oxygen atoms in total. The van der Waals surface area contributed by atoms with E-state index in [1.54, 1.807) is 0 Å². The third kappa shape index (κ3) is 3.38. The van der Waals surface area contributed by atoms with Gasteiger partial charge in [0.05, 0.1) is 11.1 Å². The van der Waals surface area contributed by atoms with Gasteiger partial charge >= 0.3 is 0 Å². The van der Waals surface area contributed by atoms with Gasteiger partial charge in [0, 0.05) is 4.47 Å². The third-order valence-electron chi connectivity index (χ3n) is 2.77. The van der Waals surface area contributed by atoms with Gasteiger partial charge in [0.25, 0.3) is 0 Å². The molecule has 1 unspecified atom stereocenters. The van der Waals surface area contributed by atoms with Crippen LogP contribution in [0.25, 0.3) is 0 Å². The molecule has 0 saturated carbocycles. The maximum absolute atomic E-state index is 10.4. The molecular weight excluding hydrogens is 372 g/mol. The number of hydrogen-bond donors (Lipinski definition) is 1. The maximum atomic E-state index is 10.4. The smallest absolute Gasteiger partial charge is 0.133 e. The zero-order chi connectivity index (χ0) is 13.8. The largest absolute Gasteiger partial charge is 0.493 e. The first kappa shape index (κ1) is 14.6. The van der Waals surface area contributed by atoms with Gasteiger partial charge in [0.15, 0.2) is 0 Å². The van der Waals surface area contributed by atoms with Crippen LogP contribution in [0.5, 0.6) is 5.75 Å². The van der Waals surface area contributed by atoms with E-state index in [0.717, 1.165) is 25.8 Å². The molecule has 2 rings (SSSR count). The van der Waals surface area contributed by atoms with E-state index in [0.29, 0.717) is 6.61 Å². The van der Waals surface area contributed by atoms with Crippen molar-refractivity contribution < 1.29 is 9.84 Å². The number of halogens is 2. The zero-order valence-corrected chi connectivity index (χ0v) is 13.6. The van der Waals surface area contributed by atoms with Crippen molar-refractivity contribution in [3.63, 3.8) is 0 Å². The lowest BCUT2D eigenvalue weighted by molar-refractivity contribution is 0.219. The van der Waals surface area contributed by atoms with Gasteiger partial charge in [-0.3, -0.25) is 0 Å². The van der Waals surface area contributed by atoms with Crippen LogP contribution in [0.2, 0.25) is 0 Å². The molecule has 100 valence electrons. The van der Waals surface area contributed by atoms with Crippen molar-refractivity contribution in [1.82, 2.24) is 0 Å². The van der Waals surface area contributed by atoms with Gasteiger partial charge in [0.2, 0.25) is 0 Å². The summed E-state index contributed by atoms with van der Waals surface area (Å²) in [6, 6.07) is 13.3. The Morgan fingerprint density at radius 3 is 2.47 bits per heavy atom. The molecule has 0 fully saturated rings. The molecule has 0 spiro atoms. The average Bonchev–Trinajstić information content (AvgIpc) is 2.41. The summed E-state index contributed by atoms with van der Waals surface area (Å²) in [5, 5.41) is 10.4. The number of ether oxygens (including phenoxy) is 1. The lowest BCUT2D eigenvalue weighted by Crippen LogP contribution is -2.01. The molecule has 0 aliphatic heterocycles. The molecule has 1 atom stereocenters. The first-order valence-corrected chi connectivity index (χ1v) is 7.56. The second kappa shape index (κ2) is 6.55. The van der Waals surface area contributed by atoms with Crippen LogP contribution in [-0.4, -0.2) is 11.7 Å². The van der Waals surface area contributed by atoms with E-state index < -0.39 is 6.10 Å². The third-order valence-corrected chi connectivity index (χ3v) is 4.11.